The number of anilines is 1. The van der Waals surface area contributed by atoms with Crippen LogP contribution in [0.1, 0.15) is 20.8 Å². The number of aromatic nitrogens is 1. The molecule has 7 nitrogen and oxygen atoms in total. The van der Waals surface area contributed by atoms with Gasteiger partial charge >= 0.3 is 0 Å². The van der Waals surface area contributed by atoms with Gasteiger partial charge in [0, 0.05) is 0 Å². The average Bonchev–Trinajstić information content (AvgIpc) is 2.22. The molecule has 18 heavy (non-hydrogen) atoms. The number of pyridine rings is 1. The van der Waals surface area contributed by atoms with Crippen molar-refractivity contribution in [3.8, 4) is 5.88 Å². The van der Waals surface area contributed by atoms with Crippen molar-refractivity contribution in [3.63, 3.8) is 0 Å². The second-order valence-corrected chi connectivity index (χ2v) is 4.65. The van der Waals surface area contributed by atoms with E-state index in [9.17, 15) is 10.1 Å². The Morgan fingerprint density at radius 3 is 2.61 bits per heavy atom. The summed E-state index contributed by atoms with van der Waals surface area (Å²) in [7, 11) is 0. The van der Waals surface area contributed by atoms with Crippen molar-refractivity contribution in [1.29, 1.82) is 0 Å². The number of nitrogens with two attached hydrogens (primary N) is 1. The minimum atomic E-state index is -0.545. The van der Waals surface area contributed by atoms with Gasteiger partial charge < -0.3 is 15.2 Å². The number of ether oxygens (including phenoxy) is 2. The lowest BCUT2D eigenvalue weighted by atomic mass is 10.2. The highest BCUT2D eigenvalue weighted by atomic mass is 16.6. The monoisotopic (exact) mass is 255 g/mol. The Hall–Kier alpha value is -1.89. The molecule has 1 heterocycles. The van der Waals surface area contributed by atoms with Crippen molar-refractivity contribution in [2.75, 3.05) is 18.9 Å². The summed E-state index contributed by atoms with van der Waals surface area (Å²) in [6.07, 6.45) is 0. The fourth-order valence-electron chi connectivity index (χ4n) is 1.18. The van der Waals surface area contributed by atoms with Gasteiger partial charge in [-0.2, -0.15) is 4.98 Å². The van der Waals surface area contributed by atoms with E-state index in [4.69, 9.17) is 15.2 Å². The SMILES string of the molecule is CC(C)(C)OCCOc1cc([N+](=O)[O-])cc(N)n1. The normalized spacial score (nSPS) is 11.3. The van der Waals surface area contributed by atoms with Crippen LogP contribution in [0, 0.1) is 10.1 Å². The standard InChI is InChI=1S/C11H17N3O4/c1-11(2,3)18-5-4-17-10-7-8(14(15)16)6-9(12)13-10/h6-7H,4-5H2,1-3H3,(H2,12,13). The van der Waals surface area contributed by atoms with E-state index in [1.54, 1.807) is 0 Å². The van der Waals surface area contributed by atoms with Crippen LogP contribution in [-0.2, 0) is 4.74 Å². The average molecular weight is 255 g/mol. The summed E-state index contributed by atoms with van der Waals surface area (Å²) in [5.74, 6) is 0.176. The molecule has 100 valence electrons. The van der Waals surface area contributed by atoms with Gasteiger partial charge in [-0.15, -0.1) is 0 Å². The topological polar surface area (TPSA) is 101 Å². The summed E-state index contributed by atoms with van der Waals surface area (Å²) in [4.78, 5) is 13.9. The van der Waals surface area contributed by atoms with Crippen molar-refractivity contribution in [2.45, 2.75) is 26.4 Å². The lowest BCUT2D eigenvalue weighted by Gasteiger charge is -2.19. The molecule has 0 radical (unpaired) electrons. The highest BCUT2D eigenvalue weighted by molar-refractivity contribution is 5.45. The summed E-state index contributed by atoms with van der Waals surface area (Å²) in [6.45, 7) is 6.41. The highest BCUT2D eigenvalue weighted by Gasteiger charge is 2.12. The van der Waals surface area contributed by atoms with E-state index in [1.165, 1.54) is 12.1 Å². The maximum absolute atomic E-state index is 10.6. The Balaban J connectivity index is 2.55. The molecule has 1 rings (SSSR count). The molecule has 2 N–H and O–H groups in total. The second kappa shape index (κ2) is 5.63. The predicted octanol–water partition coefficient (Wildman–Crippen LogP) is 1.77. The summed E-state index contributed by atoms with van der Waals surface area (Å²) in [5, 5.41) is 10.6. The largest absolute Gasteiger partial charge is 0.475 e. The molecule has 0 aliphatic heterocycles. The third-order valence-electron chi connectivity index (χ3n) is 1.89. The molecule has 0 bridgehead atoms. The van der Waals surface area contributed by atoms with Gasteiger partial charge in [0.05, 0.1) is 29.3 Å². The van der Waals surface area contributed by atoms with Gasteiger partial charge in [-0.25, -0.2) is 0 Å². The molecule has 0 spiro atoms. The molecular formula is C11H17N3O4. The van der Waals surface area contributed by atoms with E-state index in [1.807, 2.05) is 20.8 Å². The number of hydrogen-bond acceptors (Lipinski definition) is 6. The van der Waals surface area contributed by atoms with Gasteiger partial charge in [-0.1, -0.05) is 0 Å². The summed E-state index contributed by atoms with van der Waals surface area (Å²) >= 11 is 0. The van der Waals surface area contributed by atoms with Gasteiger partial charge in [0.2, 0.25) is 5.88 Å². The Bertz CT molecular complexity index is 429. The first-order valence-corrected chi connectivity index (χ1v) is 5.46. The predicted molar refractivity (Wildman–Crippen MR) is 66.5 cm³/mol. The lowest BCUT2D eigenvalue weighted by molar-refractivity contribution is -0.384. The first kappa shape index (κ1) is 14.2. The van der Waals surface area contributed by atoms with Crippen LogP contribution in [0.2, 0.25) is 0 Å². The lowest BCUT2D eigenvalue weighted by Crippen LogP contribution is -2.22. The van der Waals surface area contributed by atoms with Crippen LogP contribution in [0.5, 0.6) is 5.88 Å². The van der Waals surface area contributed by atoms with Crippen LogP contribution in [-0.4, -0.2) is 28.7 Å². The first-order valence-electron chi connectivity index (χ1n) is 5.46. The van der Waals surface area contributed by atoms with Crippen molar-refractivity contribution in [1.82, 2.24) is 4.98 Å². The number of nitrogen functional groups attached to an aromatic ring is 1. The van der Waals surface area contributed by atoms with Gasteiger partial charge in [-0.05, 0) is 20.8 Å². The zero-order valence-corrected chi connectivity index (χ0v) is 10.7. The molecule has 0 aromatic carbocycles. The summed E-state index contributed by atoms with van der Waals surface area (Å²) < 4.78 is 10.7. The molecule has 1 aromatic rings. The Kier molecular flexibility index (Phi) is 4.43. The minimum absolute atomic E-state index is 0.0518. The number of rotatable bonds is 5. The summed E-state index contributed by atoms with van der Waals surface area (Å²) in [6, 6.07) is 2.41. The van der Waals surface area contributed by atoms with Crippen LogP contribution in [0.4, 0.5) is 11.5 Å². The van der Waals surface area contributed by atoms with Crippen molar-refractivity contribution >= 4 is 11.5 Å². The third-order valence-corrected chi connectivity index (χ3v) is 1.89. The molecule has 1 aromatic heterocycles. The van der Waals surface area contributed by atoms with E-state index in [0.717, 1.165) is 0 Å². The molecule has 0 aliphatic carbocycles. The minimum Gasteiger partial charge on any atom is -0.475 e. The smallest absolute Gasteiger partial charge is 0.278 e. The maximum Gasteiger partial charge on any atom is 0.278 e. The van der Waals surface area contributed by atoms with E-state index >= 15 is 0 Å². The van der Waals surface area contributed by atoms with Gasteiger partial charge in [0.15, 0.2) is 0 Å². The molecule has 0 aliphatic rings. The highest BCUT2D eigenvalue weighted by Crippen LogP contribution is 2.20. The van der Waals surface area contributed by atoms with Crippen molar-refractivity contribution in [2.24, 2.45) is 0 Å². The third kappa shape index (κ3) is 4.96. The first-order chi connectivity index (χ1) is 8.28. The van der Waals surface area contributed by atoms with Crippen molar-refractivity contribution in [3.05, 3.63) is 22.2 Å². The van der Waals surface area contributed by atoms with E-state index < -0.39 is 4.92 Å². The Labute approximate surface area is 105 Å². The zero-order valence-electron chi connectivity index (χ0n) is 10.7. The van der Waals surface area contributed by atoms with E-state index in [2.05, 4.69) is 4.98 Å². The number of nitro groups is 1. The molecule has 0 amide bonds. The van der Waals surface area contributed by atoms with Crippen LogP contribution >= 0.6 is 0 Å². The van der Waals surface area contributed by atoms with Crippen molar-refractivity contribution < 1.29 is 14.4 Å². The Morgan fingerprint density at radius 2 is 2.06 bits per heavy atom. The Morgan fingerprint density at radius 1 is 1.39 bits per heavy atom. The van der Waals surface area contributed by atoms with Gasteiger partial charge in [0.1, 0.15) is 12.4 Å². The van der Waals surface area contributed by atoms with Gasteiger partial charge in [0.25, 0.3) is 5.69 Å². The van der Waals surface area contributed by atoms with Gasteiger partial charge in [-0.3, -0.25) is 10.1 Å². The number of hydrogen-bond donors (Lipinski definition) is 1. The van der Waals surface area contributed by atoms with E-state index in [0.29, 0.717) is 6.61 Å². The van der Waals surface area contributed by atoms with Crippen LogP contribution in [0.25, 0.3) is 0 Å². The second-order valence-electron chi connectivity index (χ2n) is 4.65. The molecule has 0 atom stereocenters. The molecule has 0 fully saturated rings. The quantitative estimate of drug-likeness (QED) is 0.489. The van der Waals surface area contributed by atoms with Crippen LogP contribution < -0.4 is 10.5 Å². The fraction of sp³-hybridized carbons (Fsp3) is 0.545. The molecule has 7 heteroatoms. The molecule has 0 saturated carbocycles. The van der Waals surface area contributed by atoms with E-state index in [-0.39, 0.29) is 29.6 Å². The molecule has 0 saturated heterocycles. The van der Waals surface area contributed by atoms with Crippen LogP contribution in [0.3, 0.4) is 0 Å². The summed E-state index contributed by atoms with van der Waals surface area (Å²) in [5.41, 5.74) is 5.05. The number of nitrogens with zero attached hydrogens (tertiary/aromatic N) is 2. The molecular weight excluding hydrogens is 238 g/mol. The molecule has 0 unspecified atom stereocenters. The fourth-order valence-corrected chi connectivity index (χ4v) is 1.18. The van der Waals surface area contributed by atoms with Crippen LogP contribution in [0.15, 0.2) is 12.1 Å². The zero-order chi connectivity index (χ0) is 13.8. The maximum atomic E-state index is 10.6.